The van der Waals surface area contributed by atoms with Crippen molar-refractivity contribution in [3.8, 4) is 0 Å². The first-order valence-corrected chi connectivity index (χ1v) is 4.07. The van der Waals surface area contributed by atoms with Crippen LogP contribution in [-0.4, -0.2) is 29.1 Å². The SMILES string of the molecule is CCCCCC(O)(O)C(=O)OC. The Morgan fingerprint density at radius 2 is 2.00 bits per heavy atom. The maximum Gasteiger partial charge on any atom is 0.366 e. The van der Waals surface area contributed by atoms with Gasteiger partial charge in [-0.2, -0.15) is 0 Å². The van der Waals surface area contributed by atoms with E-state index in [4.69, 9.17) is 10.2 Å². The lowest BCUT2D eigenvalue weighted by Gasteiger charge is -2.17. The molecule has 4 nitrogen and oxygen atoms in total. The van der Waals surface area contributed by atoms with Crippen LogP contribution >= 0.6 is 0 Å². The fraction of sp³-hybridized carbons (Fsp3) is 0.875. The molecule has 72 valence electrons. The molecule has 12 heavy (non-hydrogen) atoms. The minimum Gasteiger partial charge on any atom is -0.465 e. The molecule has 0 unspecified atom stereocenters. The van der Waals surface area contributed by atoms with Crippen molar-refractivity contribution in [3.05, 3.63) is 0 Å². The van der Waals surface area contributed by atoms with E-state index in [1.54, 1.807) is 0 Å². The lowest BCUT2D eigenvalue weighted by Crippen LogP contribution is -2.39. The van der Waals surface area contributed by atoms with Crippen molar-refractivity contribution < 1.29 is 19.7 Å². The zero-order valence-corrected chi connectivity index (χ0v) is 7.54. The van der Waals surface area contributed by atoms with Crippen molar-refractivity contribution in [2.45, 2.75) is 38.4 Å². The number of methoxy groups -OCH3 is 1. The molecule has 4 heteroatoms. The Morgan fingerprint density at radius 1 is 1.42 bits per heavy atom. The number of carbonyl (C=O) groups excluding carboxylic acids is 1. The molecule has 0 aliphatic heterocycles. The van der Waals surface area contributed by atoms with Gasteiger partial charge in [-0.25, -0.2) is 4.79 Å². The maximum atomic E-state index is 10.7. The molecule has 0 aromatic rings. The van der Waals surface area contributed by atoms with Crippen LogP contribution in [0.3, 0.4) is 0 Å². The Balaban J connectivity index is 3.78. The van der Waals surface area contributed by atoms with E-state index in [1.165, 1.54) is 0 Å². The minimum absolute atomic E-state index is 0.0352. The number of rotatable bonds is 5. The first-order valence-electron chi connectivity index (χ1n) is 4.07. The molecule has 0 rings (SSSR count). The fourth-order valence-electron chi connectivity index (χ4n) is 0.887. The normalized spacial score (nSPS) is 11.3. The summed E-state index contributed by atoms with van der Waals surface area (Å²) in [5.41, 5.74) is 0. The summed E-state index contributed by atoms with van der Waals surface area (Å²) in [5, 5.41) is 18.2. The van der Waals surface area contributed by atoms with Gasteiger partial charge in [-0.15, -0.1) is 0 Å². The average molecular weight is 176 g/mol. The highest BCUT2D eigenvalue weighted by Crippen LogP contribution is 2.13. The highest BCUT2D eigenvalue weighted by atomic mass is 16.6. The number of ether oxygens (including phenoxy) is 1. The van der Waals surface area contributed by atoms with Gasteiger partial charge in [-0.1, -0.05) is 19.8 Å². The molecule has 0 aromatic carbocycles. The molecule has 0 heterocycles. The molecule has 0 atom stereocenters. The van der Waals surface area contributed by atoms with Gasteiger partial charge in [0, 0.05) is 6.42 Å². The zero-order chi connectivity index (χ0) is 9.61. The lowest BCUT2D eigenvalue weighted by molar-refractivity contribution is -0.209. The molecular formula is C8H16O4. The monoisotopic (exact) mass is 176 g/mol. The lowest BCUT2D eigenvalue weighted by atomic mass is 10.1. The predicted molar refractivity (Wildman–Crippen MR) is 43.3 cm³/mol. The Morgan fingerprint density at radius 3 is 2.42 bits per heavy atom. The summed E-state index contributed by atoms with van der Waals surface area (Å²) in [5.74, 6) is -3.29. The summed E-state index contributed by atoms with van der Waals surface area (Å²) in [6.45, 7) is 1.99. The Kier molecular flexibility index (Phi) is 4.85. The molecule has 0 radical (unpaired) electrons. The molecule has 0 fully saturated rings. The van der Waals surface area contributed by atoms with E-state index in [2.05, 4.69) is 4.74 Å². The van der Waals surface area contributed by atoms with Crippen LogP contribution in [0.4, 0.5) is 0 Å². The van der Waals surface area contributed by atoms with E-state index in [-0.39, 0.29) is 6.42 Å². The van der Waals surface area contributed by atoms with Crippen LogP contribution < -0.4 is 0 Å². The van der Waals surface area contributed by atoms with E-state index in [0.29, 0.717) is 6.42 Å². The van der Waals surface area contributed by atoms with Gasteiger partial charge in [-0.3, -0.25) is 0 Å². The number of carbonyl (C=O) groups is 1. The van der Waals surface area contributed by atoms with Crippen LogP contribution in [-0.2, 0) is 9.53 Å². The summed E-state index contributed by atoms with van der Waals surface area (Å²) in [6.07, 6.45) is 2.49. The molecular weight excluding hydrogens is 160 g/mol. The predicted octanol–water partition coefficient (Wildman–Crippen LogP) is 0.421. The third-order valence-electron chi connectivity index (χ3n) is 1.64. The third kappa shape index (κ3) is 3.69. The molecule has 0 spiro atoms. The molecule has 0 saturated carbocycles. The first kappa shape index (κ1) is 11.4. The average Bonchev–Trinajstić information content (AvgIpc) is 2.03. The number of esters is 1. The smallest absolute Gasteiger partial charge is 0.366 e. The van der Waals surface area contributed by atoms with Crippen molar-refractivity contribution >= 4 is 5.97 Å². The van der Waals surface area contributed by atoms with Gasteiger partial charge in [0.25, 0.3) is 5.79 Å². The van der Waals surface area contributed by atoms with Gasteiger partial charge < -0.3 is 14.9 Å². The van der Waals surface area contributed by atoms with Gasteiger partial charge in [0.2, 0.25) is 0 Å². The van der Waals surface area contributed by atoms with Crippen LogP contribution in [0.5, 0.6) is 0 Å². The molecule has 0 bridgehead atoms. The maximum absolute atomic E-state index is 10.7. The van der Waals surface area contributed by atoms with E-state index in [0.717, 1.165) is 20.0 Å². The summed E-state index contributed by atoms with van der Waals surface area (Å²) in [7, 11) is 1.13. The van der Waals surface area contributed by atoms with Crippen molar-refractivity contribution in [2.75, 3.05) is 7.11 Å². The summed E-state index contributed by atoms with van der Waals surface area (Å²) < 4.78 is 4.21. The van der Waals surface area contributed by atoms with Crippen molar-refractivity contribution in [1.82, 2.24) is 0 Å². The van der Waals surface area contributed by atoms with Crippen molar-refractivity contribution in [1.29, 1.82) is 0 Å². The van der Waals surface area contributed by atoms with Gasteiger partial charge in [0.05, 0.1) is 7.11 Å². The fourth-order valence-corrected chi connectivity index (χ4v) is 0.887. The quantitative estimate of drug-likeness (QED) is 0.362. The van der Waals surface area contributed by atoms with Crippen LogP contribution in [0, 0.1) is 0 Å². The van der Waals surface area contributed by atoms with Crippen LogP contribution in [0.1, 0.15) is 32.6 Å². The number of hydrogen-bond acceptors (Lipinski definition) is 4. The third-order valence-corrected chi connectivity index (χ3v) is 1.64. The zero-order valence-electron chi connectivity index (χ0n) is 7.54. The van der Waals surface area contributed by atoms with E-state index in [9.17, 15) is 4.79 Å². The highest BCUT2D eigenvalue weighted by molar-refractivity contribution is 5.76. The molecule has 0 saturated heterocycles. The van der Waals surface area contributed by atoms with Gasteiger partial charge in [0.15, 0.2) is 0 Å². The molecule has 0 aromatic heterocycles. The van der Waals surface area contributed by atoms with Gasteiger partial charge in [0.1, 0.15) is 0 Å². The van der Waals surface area contributed by atoms with E-state index >= 15 is 0 Å². The topological polar surface area (TPSA) is 66.8 Å². The highest BCUT2D eigenvalue weighted by Gasteiger charge is 2.33. The van der Waals surface area contributed by atoms with Crippen LogP contribution in [0.15, 0.2) is 0 Å². The largest absolute Gasteiger partial charge is 0.465 e. The number of aliphatic hydroxyl groups is 2. The number of unbranched alkanes of at least 4 members (excludes halogenated alkanes) is 2. The van der Waals surface area contributed by atoms with Crippen molar-refractivity contribution in [3.63, 3.8) is 0 Å². The Hall–Kier alpha value is -0.610. The number of hydrogen-bond donors (Lipinski definition) is 2. The second-order valence-electron chi connectivity index (χ2n) is 2.77. The van der Waals surface area contributed by atoms with Crippen LogP contribution in [0.2, 0.25) is 0 Å². The van der Waals surface area contributed by atoms with E-state index in [1.807, 2.05) is 6.92 Å². The first-order chi connectivity index (χ1) is 5.54. The van der Waals surface area contributed by atoms with Gasteiger partial charge in [-0.05, 0) is 6.42 Å². The Bertz CT molecular complexity index is 142. The Labute approximate surface area is 72.2 Å². The van der Waals surface area contributed by atoms with Crippen molar-refractivity contribution in [2.24, 2.45) is 0 Å². The summed E-state index contributed by atoms with van der Waals surface area (Å²) >= 11 is 0. The molecule has 0 aliphatic rings. The second-order valence-corrected chi connectivity index (χ2v) is 2.77. The summed E-state index contributed by atoms with van der Waals surface area (Å²) in [4.78, 5) is 10.7. The molecule has 2 N–H and O–H groups in total. The second kappa shape index (κ2) is 5.11. The van der Waals surface area contributed by atoms with Crippen LogP contribution in [0.25, 0.3) is 0 Å². The molecule has 0 aliphatic carbocycles. The van der Waals surface area contributed by atoms with E-state index < -0.39 is 11.8 Å². The summed E-state index contributed by atoms with van der Waals surface area (Å²) in [6, 6.07) is 0. The van der Waals surface area contributed by atoms with Gasteiger partial charge >= 0.3 is 5.97 Å². The molecule has 0 amide bonds. The minimum atomic E-state index is -2.30. The standard InChI is InChI=1S/C8H16O4/c1-3-4-5-6-8(10,11)7(9)12-2/h10-11H,3-6H2,1-2H3.